The van der Waals surface area contributed by atoms with E-state index in [1.807, 2.05) is 54.6 Å². The smallest absolute Gasteiger partial charge is 0.267 e. The fourth-order valence-electron chi connectivity index (χ4n) is 2.11. The number of nitrogens with two attached hydrogens (primary N) is 2. The van der Waals surface area contributed by atoms with Crippen LogP contribution in [0, 0.1) is 0 Å². The van der Waals surface area contributed by atoms with Gasteiger partial charge in [-0.15, -0.1) is 0 Å². The highest BCUT2D eigenvalue weighted by Crippen LogP contribution is 2.26. The van der Waals surface area contributed by atoms with Gasteiger partial charge in [-0.05, 0) is 48.5 Å². The molecule has 0 atom stereocenters. The molecule has 0 saturated heterocycles. The summed E-state index contributed by atoms with van der Waals surface area (Å²) in [5.41, 5.74) is 13.7. The van der Waals surface area contributed by atoms with Gasteiger partial charge in [-0.1, -0.05) is 30.3 Å². The first-order chi connectivity index (χ1) is 11.2. The van der Waals surface area contributed by atoms with Gasteiger partial charge in [-0.3, -0.25) is 0 Å². The number of benzene rings is 3. The molecule has 0 aliphatic carbocycles. The lowest BCUT2D eigenvalue weighted by Crippen LogP contribution is -2.15. The molecule has 4 N–H and O–H groups in total. The summed E-state index contributed by atoms with van der Waals surface area (Å²) in [5, 5.41) is 0. The molecule has 0 amide bonds. The first kappa shape index (κ1) is 14.8. The highest BCUT2D eigenvalue weighted by Gasteiger charge is 2.15. The molecule has 0 heterocycles. The molecular formula is C19H18N2O2. The van der Waals surface area contributed by atoms with E-state index in [4.69, 9.17) is 20.9 Å². The lowest BCUT2D eigenvalue weighted by molar-refractivity contribution is 0.00384. The number of rotatable bonds is 5. The van der Waals surface area contributed by atoms with Crippen LogP contribution < -0.4 is 20.9 Å². The third kappa shape index (κ3) is 3.95. The number of anilines is 2. The first-order valence-electron chi connectivity index (χ1n) is 7.30. The van der Waals surface area contributed by atoms with Gasteiger partial charge in [0.15, 0.2) is 0 Å². The predicted molar refractivity (Wildman–Crippen MR) is 92.1 cm³/mol. The maximum absolute atomic E-state index is 5.98. The molecule has 0 unspecified atom stereocenters. The average molecular weight is 306 g/mol. The van der Waals surface area contributed by atoms with Crippen molar-refractivity contribution in [3.05, 3.63) is 84.4 Å². The van der Waals surface area contributed by atoms with Crippen LogP contribution in [0.25, 0.3) is 0 Å². The van der Waals surface area contributed by atoms with E-state index in [0.717, 1.165) is 5.56 Å². The minimum Gasteiger partial charge on any atom is -0.451 e. The number of ether oxygens (including phenoxy) is 2. The SMILES string of the molecule is Nc1ccc(OC(Oc2ccc(N)cc2)c2ccccc2)cc1. The van der Waals surface area contributed by atoms with Crippen LogP contribution >= 0.6 is 0 Å². The van der Waals surface area contributed by atoms with E-state index >= 15 is 0 Å². The first-order valence-corrected chi connectivity index (χ1v) is 7.30. The lowest BCUT2D eigenvalue weighted by Gasteiger charge is -2.21. The summed E-state index contributed by atoms with van der Waals surface area (Å²) < 4.78 is 12.0. The second kappa shape index (κ2) is 6.75. The summed E-state index contributed by atoms with van der Waals surface area (Å²) in [6.45, 7) is 0. The highest BCUT2D eigenvalue weighted by molar-refractivity contribution is 5.43. The minimum absolute atomic E-state index is 0.566. The maximum atomic E-state index is 5.98. The van der Waals surface area contributed by atoms with Gasteiger partial charge in [0, 0.05) is 16.9 Å². The Hall–Kier alpha value is -3.14. The summed E-state index contributed by atoms with van der Waals surface area (Å²) in [5.74, 6) is 1.37. The molecule has 23 heavy (non-hydrogen) atoms. The zero-order valence-corrected chi connectivity index (χ0v) is 12.6. The van der Waals surface area contributed by atoms with Gasteiger partial charge in [0.1, 0.15) is 11.5 Å². The second-order valence-corrected chi connectivity index (χ2v) is 5.12. The van der Waals surface area contributed by atoms with E-state index in [1.165, 1.54) is 0 Å². The van der Waals surface area contributed by atoms with E-state index in [9.17, 15) is 0 Å². The summed E-state index contributed by atoms with van der Waals surface area (Å²) in [7, 11) is 0. The number of nitrogen functional groups attached to an aromatic ring is 2. The molecule has 4 nitrogen and oxygen atoms in total. The molecule has 0 bridgehead atoms. The van der Waals surface area contributed by atoms with Crippen molar-refractivity contribution in [2.45, 2.75) is 6.29 Å². The Labute approximate surface area is 135 Å². The van der Waals surface area contributed by atoms with Crippen molar-refractivity contribution in [1.29, 1.82) is 0 Å². The van der Waals surface area contributed by atoms with Crippen molar-refractivity contribution >= 4 is 11.4 Å². The summed E-state index contributed by atoms with van der Waals surface area (Å²) in [6, 6.07) is 24.2. The van der Waals surface area contributed by atoms with Gasteiger partial charge in [0.25, 0.3) is 6.29 Å². The van der Waals surface area contributed by atoms with Crippen molar-refractivity contribution in [3.8, 4) is 11.5 Å². The van der Waals surface area contributed by atoms with Crippen LogP contribution in [-0.4, -0.2) is 0 Å². The molecule has 3 aromatic carbocycles. The van der Waals surface area contributed by atoms with Crippen molar-refractivity contribution in [1.82, 2.24) is 0 Å². The maximum Gasteiger partial charge on any atom is 0.267 e. The van der Waals surface area contributed by atoms with Gasteiger partial charge < -0.3 is 20.9 Å². The van der Waals surface area contributed by atoms with Crippen LogP contribution in [-0.2, 0) is 0 Å². The standard InChI is InChI=1S/C19H18N2O2/c20-15-6-10-17(11-7-15)22-19(14-4-2-1-3-5-14)23-18-12-8-16(21)9-13-18/h1-13,19H,20-21H2. The lowest BCUT2D eigenvalue weighted by atomic mass is 10.2. The fraction of sp³-hybridized carbons (Fsp3) is 0.0526. The molecule has 116 valence electrons. The quantitative estimate of drug-likeness (QED) is 0.552. The summed E-state index contributed by atoms with van der Waals surface area (Å²) in [4.78, 5) is 0. The van der Waals surface area contributed by atoms with Crippen LogP contribution in [0.3, 0.4) is 0 Å². The highest BCUT2D eigenvalue weighted by atomic mass is 16.7. The van der Waals surface area contributed by atoms with Crippen LogP contribution in [0.15, 0.2) is 78.9 Å². The van der Waals surface area contributed by atoms with E-state index in [0.29, 0.717) is 22.9 Å². The third-order valence-corrected chi connectivity index (χ3v) is 3.32. The Morgan fingerprint density at radius 3 is 1.43 bits per heavy atom. The molecule has 3 rings (SSSR count). The molecular weight excluding hydrogens is 288 g/mol. The van der Waals surface area contributed by atoms with Crippen molar-refractivity contribution < 1.29 is 9.47 Å². The molecule has 0 aliphatic heterocycles. The van der Waals surface area contributed by atoms with E-state index < -0.39 is 6.29 Å². The fourth-order valence-corrected chi connectivity index (χ4v) is 2.11. The van der Waals surface area contributed by atoms with Crippen molar-refractivity contribution in [2.75, 3.05) is 11.5 Å². The zero-order chi connectivity index (χ0) is 16.1. The predicted octanol–water partition coefficient (Wildman–Crippen LogP) is 4.01. The van der Waals surface area contributed by atoms with Gasteiger partial charge in [-0.2, -0.15) is 0 Å². The topological polar surface area (TPSA) is 70.5 Å². The summed E-state index contributed by atoms with van der Waals surface area (Å²) >= 11 is 0. The molecule has 3 aromatic rings. The van der Waals surface area contributed by atoms with Crippen LogP contribution in [0.1, 0.15) is 11.9 Å². The van der Waals surface area contributed by atoms with Gasteiger partial charge in [-0.25, -0.2) is 0 Å². The Kier molecular flexibility index (Phi) is 4.34. The zero-order valence-electron chi connectivity index (χ0n) is 12.6. The normalized spacial score (nSPS) is 10.5. The summed E-state index contributed by atoms with van der Waals surface area (Å²) in [6.07, 6.45) is -0.566. The Balaban J connectivity index is 1.84. The molecule has 0 aromatic heterocycles. The number of hydrogen-bond donors (Lipinski definition) is 2. The molecule has 0 spiro atoms. The molecule has 0 radical (unpaired) electrons. The second-order valence-electron chi connectivity index (χ2n) is 5.12. The Morgan fingerprint density at radius 2 is 1.00 bits per heavy atom. The molecule has 4 heteroatoms. The van der Waals surface area contributed by atoms with E-state index in [1.54, 1.807) is 24.3 Å². The monoisotopic (exact) mass is 306 g/mol. The molecule has 0 fully saturated rings. The van der Waals surface area contributed by atoms with Crippen LogP contribution in [0.2, 0.25) is 0 Å². The van der Waals surface area contributed by atoms with Crippen LogP contribution in [0.5, 0.6) is 11.5 Å². The largest absolute Gasteiger partial charge is 0.451 e. The van der Waals surface area contributed by atoms with Crippen molar-refractivity contribution in [2.24, 2.45) is 0 Å². The third-order valence-electron chi connectivity index (χ3n) is 3.32. The Morgan fingerprint density at radius 1 is 0.565 bits per heavy atom. The van der Waals surface area contributed by atoms with Gasteiger partial charge in [0.05, 0.1) is 0 Å². The molecule has 0 aliphatic rings. The molecule has 0 saturated carbocycles. The number of hydrogen-bond acceptors (Lipinski definition) is 4. The Bertz CT molecular complexity index is 693. The van der Waals surface area contributed by atoms with Crippen molar-refractivity contribution in [3.63, 3.8) is 0 Å². The van der Waals surface area contributed by atoms with E-state index in [-0.39, 0.29) is 0 Å². The van der Waals surface area contributed by atoms with Gasteiger partial charge in [0.2, 0.25) is 0 Å². The minimum atomic E-state index is -0.566. The van der Waals surface area contributed by atoms with Crippen LogP contribution in [0.4, 0.5) is 11.4 Å². The average Bonchev–Trinajstić information content (AvgIpc) is 2.59. The van der Waals surface area contributed by atoms with Gasteiger partial charge >= 0.3 is 0 Å². The van der Waals surface area contributed by atoms with E-state index in [2.05, 4.69) is 0 Å².